The van der Waals surface area contributed by atoms with E-state index in [0.717, 1.165) is 17.7 Å². The van der Waals surface area contributed by atoms with Crippen LogP contribution in [-0.2, 0) is 24.4 Å². The number of nitrogens with zero attached hydrogens (tertiary/aromatic N) is 4. The maximum atomic E-state index is 13.1. The van der Waals surface area contributed by atoms with E-state index >= 15 is 0 Å². The minimum atomic E-state index is -4.40. The van der Waals surface area contributed by atoms with E-state index in [1.54, 1.807) is 24.9 Å². The highest BCUT2D eigenvalue weighted by Crippen LogP contribution is 2.32. The highest BCUT2D eigenvalue weighted by molar-refractivity contribution is 8.00. The van der Waals surface area contributed by atoms with Crippen molar-refractivity contribution in [2.24, 2.45) is 7.05 Å². The maximum absolute atomic E-state index is 13.1. The minimum absolute atomic E-state index is 0.0889. The summed E-state index contributed by atoms with van der Waals surface area (Å²) in [6, 6.07) is 15.0. The third-order valence-corrected chi connectivity index (χ3v) is 7.66. The van der Waals surface area contributed by atoms with Crippen LogP contribution in [0.2, 0.25) is 0 Å². The summed E-state index contributed by atoms with van der Waals surface area (Å²) in [4.78, 5) is 34.4. The molecule has 0 N–H and O–H groups in total. The topological polar surface area (TPSA) is 58.4 Å². The first-order valence-electron chi connectivity index (χ1n) is 12.0. The van der Waals surface area contributed by atoms with Gasteiger partial charge in [0.1, 0.15) is 0 Å². The van der Waals surface area contributed by atoms with Gasteiger partial charge < -0.3 is 9.80 Å². The molecule has 1 fully saturated rings. The van der Waals surface area contributed by atoms with E-state index in [2.05, 4.69) is 4.98 Å². The van der Waals surface area contributed by atoms with Crippen LogP contribution in [-0.4, -0.2) is 51.8 Å². The third-order valence-electron chi connectivity index (χ3n) is 6.53. The lowest BCUT2D eigenvalue weighted by Crippen LogP contribution is -2.50. The second-order valence-electron chi connectivity index (χ2n) is 9.11. The van der Waals surface area contributed by atoms with Gasteiger partial charge in [0.15, 0.2) is 5.16 Å². The molecule has 0 saturated carbocycles. The number of amides is 1. The normalized spacial score (nSPS) is 15.1. The molecule has 1 saturated heterocycles. The fraction of sp³-hybridized carbons (Fsp3) is 0.370. The van der Waals surface area contributed by atoms with Crippen LogP contribution < -0.4 is 10.5 Å². The zero-order valence-electron chi connectivity index (χ0n) is 21.0. The Labute approximate surface area is 218 Å². The third kappa shape index (κ3) is 6.18. The molecule has 2 aromatic carbocycles. The molecule has 1 aliphatic heterocycles. The second kappa shape index (κ2) is 11.0. The number of benzene rings is 2. The van der Waals surface area contributed by atoms with Gasteiger partial charge in [0.05, 0.1) is 10.8 Å². The molecule has 0 radical (unpaired) electrons. The van der Waals surface area contributed by atoms with Gasteiger partial charge in [-0.15, -0.1) is 0 Å². The zero-order valence-corrected chi connectivity index (χ0v) is 21.8. The molecule has 196 valence electrons. The highest BCUT2D eigenvalue weighted by Gasteiger charge is 2.32. The monoisotopic (exact) mass is 530 g/mol. The number of anilines is 1. The first kappa shape index (κ1) is 26.8. The summed E-state index contributed by atoms with van der Waals surface area (Å²) in [6.07, 6.45) is -3.91. The predicted octanol–water partition coefficient (Wildman–Crippen LogP) is 4.53. The zero-order chi connectivity index (χ0) is 26.7. The number of aryl methyl sites for hydroxylation is 1. The van der Waals surface area contributed by atoms with Crippen molar-refractivity contribution in [1.82, 2.24) is 14.5 Å². The molecule has 4 rings (SSSR count). The van der Waals surface area contributed by atoms with Gasteiger partial charge in [0.2, 0.25) is 5.91 Å². The summed E-state index contributed by atoms with van der Waals surface area (Å²) in [5.41, 5.74) is 1.98. The van der Waals surface area contributed by atoms with E-state index < -0.39 is 17.0 Å². The standard InChI is InChI=1S/C27H29F3N4O2S/c1-18-23(16-20-8-5-4-6-9-20)25(36)32(3)26(31-18)37-19(2)24(35)34-14-12-33(13-15-34)22-11-7-10-21(17-22)27(28,29)30/h4-11,17,19H,12-16H2,1-3H3. The molecule has 1 atom stereocenters. The van der Waals surface area contributed by atoms with Gasteiger partial charge in [-0.3, -0.25) is 14.2 Å². The Kier molecular flexibility index (Phi) is 7.96. The second-order valence-corrected chi connectivity index (χ2v) is 10.4. The van der Waals surface area contributed by atoms with E-state index in [9.17, 15) is 22.8 Å². The quantitative estimate of drug-likeness (QED) is 0.346. The fourth-order valence-corrected chi connectivity index (χ4v) is 5.37. The number of rotatable bonds is 6. The number of hydrogen-bond acceptors (Lipinski definition) is 5. The molecule has 0 aliphatic carbocycles. The van der Waals surface area contributed by atoms with Crippen molar-refractivity contribution in [2.45, 2.75) is 36.9 Å². The molecular weight excluding hydrogens is 501 g/mol. The molecule has 0 spiro atoms. The Bertz CT molecular complexity index is 1320. The van der Waals surface area contributed by atoms with Crippen LogP contribution in [0.1, 0.15) is 29.3 Å². The average Bonchev–Trinajstić information content (AvgIpc) is 2.89. The number of hydrogen-bond donors (Lipinski definition) is 0. The van der Waals surface area contributed by atoms with Gasteiger partial charge in [-0.25, -0.2) is 4.98 Å². The lowest BCUT2D eigenvalue weighted by molar-refractivity contribution is -0.137. The highest BCUT2D eigenvalue weighted by atomic mass is 32.2. The summed E-state index contributed by atoms with van der Waals surface area (Å²) >= 11 is 1.24. The van der Waals surface area contributed by atoms with Gasteiger partial charge in [0, 0.05) is 56.6 Å². The van der Waals surface area contributed by atoms with Crippen molar-refractivity contribution in [3.63, 3.8) is 0 Å². The molecule has 37 heavy (non-hydrogen) atoms. The van der Waals surface area contributed by atoms with E-state index in [-0.39, 0.29) is 11.5 Å². The van der Waals surface area contributed by atoms with E-state index in [4.69, 9.17) is 0 Å². The van der Waals surface area contributed by atoms with Crippen LogP contribution in [0.5, 0.6) is 0 Å². The minimum Gasteiger partial charge on any atom is -0.368 e. The van der Waals surface area contributed by atoms with Crippen LogP contribution >= 0.6 is 11.8 Å². The van der Waals surface area contributed by atoms with Crippen molar-refractivity contribution in [3.8, 4) is 0 Å². The first-order valence-corrected chi connectivity index (χ1v) is 12.9. The van der Waals surface area contributed by atoms with Gasteiger partial charge in [-0.1, -0.05) is 48.2 Å². The van der Waals surface area contributed by atoms with Gasteiger partial charge in [-0.05, 0) is 37.6 Å². The van der Waals surface area contributed by atoms with Gasteiger partial charge in [-0.2, -0.15) is 13.2 Å². The summed E-state index contributed by atoms with van der Waals surface area (Å²) in [5, 5.41) is 0.000318. The Morgan fingerprint density at radius 3 is 2.38 bits per heavy atom. The smallest absolute Gasteiger partial charge is 0.368 e. The van der Waals surface area contributed by atoms with Crippen molar-refractivity contribution in [1.29, 1.82) is 0 Å². The summed E-state index contributed by atoms with van der Waals surface area (Å²) in [6.45, 7) is 5.28. The first-order chi connectivity index (χ1) is 17.5. The van der Waals surface area contributed by atoms with Crippen LogP contribution in [0.25, 0.3) is 0 Å². The Morgan fingerprint density at radius 2 is 1.73 bits per heavy atom. The van der Waals surface area contributed by atoms with E-state index in [0.29, 0.717) is 54.7 Å². The van der Waals surface area contributed by atoms with Crippen molar-refractivity contribution < 1.29 is 18.0 Å². The molecule has 1 aromatic heterocycles. The average molecular weight is 531 g/mol. The number of alkyl halides is 3. The molecule has 6 nitrogen and oxygen atoms in total. The number of thioether (sulfide) groups is 1. The van der Waals surface area contributed by atoms with Crippen LogP contribution in [0.4, 0.5) is 18.9 Å². The lowest BCUT2D eigenvalue weighted by Gasteiger charge is -2.37. The SMILES string of the molecule is Cc1nc(SC(C)C(=O)N2CCN(c3cccc(C(F)(F)F)c3)CC2)n(C)c(=O)c1Cc1ccccc1. The van der Waals surface area contributed by atoms with Gasteiger partial charge in [0.25, 0.3) is 5.56 Å². The fourth-order valence-electron chi connectivity index (χ4n) is 4.37. The van der Waals surface area contributed by atoms with Crippen molar-refractivity contribution in [2.75, 3.05) is 31.1 Å². The number of piperazine rings is 1. The van der Waals surface area contributed by atoms with Crippen LogP contribution in [0.15, 0.2) is 64.5 Å². The van der Waals surface area contributed by atoms with E-state index in [1.165, 1.54) is 22.4 Å². The molecule has 1 aliphatic rings. The molecule has 1 unspecified atom stereocenters. The molecule has 3 aromatic rings. The molecule has 0 bridgehead atoms. The maximum Gasteiger partial charge on any atom is 0.416 e. The summed E-state index contributed by atoms with van der Waals surface area (Å²) < 4.78 is 40.7. The number of halogens is 3. The van der Waals surface area contributed by atoms with Crippen molar-refractivity contribution >= 4 is 23.4 Å². The number of carbonyl (C=O) groups is 1. The van der Waals surface area contributed by atoms with Crippen LogP contribution in [0, 0.1) is 6.92 Å². The molecule has 1 amide bonds. The predicted molar refractivity (Wildman–Crippen MR) is 139 cm³/mol. The Balaban J connectivity index is 1.40. The molecule has 2 heterocycles. The number of carbonyl (C=O) groups excluding carboxylic acids is 1. The van der Waals surface area contributed by atoms with Crippen molar-refractivity contribution in [3.05, 3.63) is 87.3 Å². The molecule has 10 heteroatoms. The van der Waals surface area contributed by atoms with Crippen LogP contribution in [0.3, 0.4) is 0 Å². The summed E-state index contributed by atoms with van der Waals surface area (Å²) in [5.74, 6) is -0.0889. The lowest BCUT2D eigenvalue weighted by atomic mass is 10.1. The van der Waals surface area contributed by atoms with Gasteiger partial charge >= 0.3 is 6.18 Å². The van der Waals surface area contributed by atoms with E-state index in [1.807, 2.05) is 42.2 Å². The summed E-state index contributed by atoms with van der Waals surface area (Å²) in [7, 11) is 1.66. The number of aromatic nitrogens is 2. The molecular formula is C27H29F3N4O2S. The Morgan fingerprint density at radius 1 is 1.05 bits per heavy atom. The largest absolute Gasteiger partial charge is 0.416 e. The Hall–Kier alpha value is -3.27.